The highest BCUT2D eigenvalue weighted by atomic mass is 16.5. The van der Waals surface area contributed by atoms with E-state index >= 15 is 0 Å². The molecule has 1 saturated heterocycles. The SMILES string of the molecule is CCN(CC)CCN1C(=O)C(=O)/C(=C(/O)c2c(OC)cccc2OC)C1c1ccccc1. The summed E-state index contributed by atoms with van der Waals surface area (Å²) < 4.78 is 10.8. The lowest BCUT2D eigenvalue weighted by molar-refractivity contribution is -0.140. The molecule has 0 saturated carbocycles. The van der Waals surface area contributed by atoms with Crippen LogP contribution in [0.25, 0.3) is 5.76 Å². The molecule has 7 heteroatoms. The topological polar surface area (TPSA) is 79.3 Å². The Labute approximate surface area is 188 Å². The summed E-state index contributed by atoms with van der Waals surface area (Å²) >= 11 is 0. The quantitative estimate of drug-likeness (QED) is 0.367. The molecule has 0 spiro atoms. The van der Waals surface area contributed by atoms with E-state index in [2.05, 4.69) is 18.7 Å². The van der Waals surface area contributed by atoms with Crippen LogP contribution in [0.4, 0.5) is 0 Å². The Morgan fingerprint density at radius 2 is 1.56 bits per heavy atom. The fourth-order valence-electron chi connectivity index (χ4n) is 4.10. The Hall–Kier alpha value is -3.32. The molecule has 1 atom stereocenters. The standard InChI is InChI=1S/C25H30N2O5/c1-5-26(6-2)15-16-27-22(17-11-8-7-9-12-17)21(24(29)25(27)30)23(28)20-18(31-3)13-10-14-19(20)32-4/h7-14,22,28H,5-6,15-16H2,1-4H3/b23-21+. The summed E-state index contributed by atoms with van der Waals surface area (Å²) in [6.07, 6.45) is 0. The van der Waals surface area contributed by atoms with Crippen LogP contribution < -0.4 is 9.47 Å². The fraction of sp³-hybridized carbons (Fsp3) is 0.360. The summed E-state index contributed by atoms with van der Waals surface area (Å²) in [5, 5.41) is 11.4. The number of nitrogens with zero attached hydrogens (tertiary/aromatic N) is 2. The first-order valence-electron chi connectivity index (χ1n) is 10.7. The average Bonchev–Trinajstić information content (AvgIpc) is 3.09. The lowest BCUT2D eigenvalue weighted by atomic mass is 9.94. The van der Waals surface area contributed by atoms with E-state index < -0.39 is 17.7 Å². The number of carbonyl (C=O) groups is 2. The van der Waals surface area contributed by atoms with Gasteiger partial charge in [0.1, 0.15) is 22.8 Å². The Bertz CT molecular complexity index is 976. The predicted molar refractivity (Wildman–Crippen MR) is 123 cm³/mol. The molecule has 0 aliphatic carbocycles. The summed E-state index contributed by atoms with van der Waals surface area (Å²) in [6, 6.07) is 13.6. The maximum absolute atomic E-state index is 13.2. The van der Waals surface area contributed by atoms with Gasteiger partial charge in [-0.25, -0.2) is 0 Å². The average molecular weight is 439 g/mol. The lowest BCUT2D eigenvalue weighted by Gasteiger charge is -2.28. The first-order chi connectivity index (χ1) is 15.5. The number of amides is 1. The van der Waals surface area contributed by atoms with Gasteiger partial charge in [-0.15, -0.1) is 0 Å². The molecule has 2 aromatic rings. The zero-order valence-electron chi connectivity index (χ0n) is 19.0. The van der Waals surface area contributed by atoms with E-state index in [0.29, 0.717) is 24.6 Å². The fourth-order valence-corrected chi connectivity index (χ4v) is 4.10. The van der Waals surface area contributed by atoms with Crippen LogP contribution in [0.15, 0.2) is 54.1 Å². The zero-order valence-corrected chi connectivity index (χ0v) is 19.0. The highest BCUT2D eigenvalue weighted by Gasteiger charge is 2.46. The number of ketones is 1. The number of rotatable bonds is 9. The normalized spacial score (nSPS) is 17.8. The summed E-state index contributed by atoms with van der Waals surface area (Å²) in [5.74, 6) is -0.951. The van der Waals surface area contributed by atoms with Crippen molar-refractivity contribution in [1.82, 2.24) is 9.80 Å². The molecular weight excluding hydrogens is 408 g/mol. The van der Waals surface area contributed by atoms with E-state index in [1.165, 1.54) is 14.2 Å². The van der Waals surface area contributed by atoms with Crippen LogP contribution in [0, 0.1) is 0 Å². The minimum Gasteiger partial charge on any atom is -0.506 e. The van der Waals surface area contributed by atoms with Crippen LogP contribution in [0.3, 0.4) is 0 Å². The molecular formula is C25H30N2O5. The van der Waals surface area contributed by atoms with E-state index in [1.807, 2.05) is 30.3 Å². The first kappa shape index (κ1) is 23.3. The minimum absolute atomic E-state index is 0.0311. The van der Waals surface area contributed by atoms with Gasteiger partial charge in [0.25, 0.3) is 11.7 Å². The number of methoxy groups -OCH3 is 2. The summed E-state index contributed by atoms with van der Waals surface area (Å²) in [6.45, 7) is 6.79. The van der Waals surface area contributed by atoms with Gasteiger partial charge in [0, 0.05) is 13.1 Å². The number of aliphatic hydroxyl groups is 1. The molecule has 1 heterocycles. The van der Waals surface area contributed by atoms with Crippen molar-refractivity contribution in [3.05, 3.63) is 65.2 Å². The number of ether oxygens (including phenoxy) is 2. The second kappa shape index (κ2) is 10.3. The van der Waals surface area contributed by atoms with E-state index in [1.54, 1.807) is 23.1 Å². The Kier molecular flexibility index (Phi) is 7.53. The lowest BCUT2D eigenvalue weighted by Crippen LogP contribution is -2.38. The van der Waals surface area contributed by atoms with Crippen LogP contribution in [0.1, 0.15) is 31.0 Å². The Morgan fingerprint density at radius 3 is 2.09 bits per heavy atom. The molecule has 1 amide bonds. The summed E-state index contributed by atoms with van der Waals surface area (Å²) in [5.41, 5.74) is 1.03. The predicted octanol–water partition coefficient (Wildman–Crippen LogP) is 3.47. The maximum atomic E-state index is 13.2. The van der Waals surface area contributed by atoms with Gasteiger partial charge in [0.15, 0.2) is 0 Å². The van der Waals surface area contributed by atoms with Crippen molar-refractivity contribution in [2.24, 2.45) is 0 Å². The second-order valence-electron chi connectivity index (χ2n) is 7.47. The summed E-state index contributed by atoms with van der Waals surface area (Å²) in [7, 11) is 2.95. The number of Topliss-reactive ketones (excluding diaryl/α,β-unsaturated/α-hetero) is 1. The van der Waals surface area contributed by atoms with Crippen molar-refractivity contribution in [2.45, 2.75) is 19.9 Å². The van der Waals surface area contributed by atoms with Gasteiger partial charge < -0.3 is 24.4 Å². The van der Waals surface area contributed by atoms with Gasteiger partial charge in [0.05, 0.1) is 25.8 Å². The zero-order chi connectivity index (χ0) is 23.3. The number of aliphatic hydroxyl groups excluding tert-OH is 1. The number of carbonyl (C=O) groups excluding carboxylic acids is 2. The number of hydrogen-bond donors (Lipinski definition) is 1. The number of benzene rings is 2. The molecule has 0 aromatic heterocycles. The monoisotopic (exact) mass is 438 g/mol. The molecule has 7 nitrogen and oxygen atoms in total. The third kappa shape index (κ3) is 4.34. The van der Waals surface area contributed by atoms with E-state index in [0.717, 1.165) is 18.7 Å². The van der Waals surface area contributed by atoms with Gasteiger partial charge in [-0.05, 0) is 30.8 Å². The molecule has 1 unspecified atom stereocenters. The number of likely N-dealkylation sites (N-methyl/N-ethyl adjacent to an activating group) is 1. The largest absolute Gasteiger partial charge is 0.506 e. The molecule has 1 fully saturated rings. The van der Waals surface area contributed by atoms with Crippen molar-refractivity contribution >= 4 is 17.4 Å². The second-order valence-corrected chi connectivity index (χ2v) is 7.47. The van der Waals surface area contributed by atoms with Gasteiger partial charge in [-0.3, -0.25) is 9.59 Å². The number of likely N-dealkylation sites (tertiary alicyclic amines) is 1. The van der Waals surface area contributed by atoms with Crippen LogP contribution in [0.2, 0.25) is 0 Å². The Morgan fingerprint density at radius 1 is 0.969 bits per heavy atom. The molecule has 0 bridgehead atoms. The molecule has 1 aliphatic rings. The van der Waals surface area contributed by atoms with Gasteiger partial charge in [-0.2, -0.15) is 0 Å². The molecule has 2 aromatic carbocycles. The van der Waals surface area contributed by atoms with Gasteiger partial charge in [0.2, 0.25) is 0 Å². The molecule has 3 rings (SSSR count). The van der Waals surface area contributed by atoms with Crippen LogP contribution >= 0.6 is 0 Å². The molecule has 1 N–H and O–H groups in total. The van der Waals surface area contributed by atoms with Crippen molar-refractivity contribution in [2.75, 3.05) is 40.4 Å². The molecule has 170 valence electrons. The molecule has 0 radical (unpaired) electrons. The molecule has 1 aliphatic heterocycles. The molecule has 32 heavy (non-hydrogen) atoms. The van der Waals surface area contributed by atoms with Gasteiger partial charge in [-0.1, -0.05) is 50.2 Å². The maximum Gasteiger partial charge on any atom is 0.295 e. The first-order valence-corrected chi connectivity index (χ1v) is 10.7. The van der Waals surface area contributed by atoms with E-state index in [9.17, 15) is 14.7 Å². The van der Waals surface area contributed by atoms with Crippen molar-refractivity contribution < 1.29 is 24.2 Å². The van der Waals surface area contributed by atoms with Crippen LogP contribution in [-0.2, 0) is 9.59 Å². The van der Waals surface area contributed by atoms with Crippen LogP contribution in [-0.4, -0.2) is 67.0 Å². The summed E-state index contributed by atoms with van der Waals surface area (Å²) in [4.78, 5) is 30.0. The minimum atomic E-state index is -0.719. The third-order valence-electron chi connectivity index (χ3n) is 5.87. The third-order valence-corrected chi connectivity index (χ3v) is 5.87. The smallest absolute Gasteiger partial charge is 0.295 e. The van der Waals surface area contributed by atoms with Crippen molar-refractivity contribution in [1.29, 1.82) is 0 Å². The van der Waals surface area contributed by atoms with Gasteiger partial charge >= 0.3 is 0 Å². The Balaban J connectivity index is 2.17. The number of hydrogen-bond acceptors (Lipinski definition) is 6. The van der Waals surface area contributed by atoms with E-state index in [4.69, 9.17) is 9.47 Å². The van der Waals surface area contributed by atoms with Crippen molar-refractivity contribution in [3.8, 4) is 11.5 Å². The highest BCUT2D eigenvalue weighted by molar-refractivity contribution is 6.46. The van der Waals surface area contributed by atoms with Crippen LogP contribution in [0.5, 0.6) is 11.5 Å². The van der Waals surface area contributed by atoms with Crippen molar-refractivity contribution in [3.63, 3.8) is 0 Å². The van der Waals surface area contributed by atoms with E-state index in [-0.39, 0.29) is 16.9 Å². The highest BCUT2D eigenvalue weighted by Crippen LogP contribution is 2.43.